The maximum absolute atomic E-state index is 12.7. The normalized spacial score (nSPS) is 15.2. The van der Waals surface area contributed by atoms with Crippen molar-refractivity contribution < 1.29 is 77.1 Å². The molecule has 0 spiro atoms. The van der Waals surface area contributed by atoms with Gasteiger partial charge in [0.25, 0.3) is 0 Å². The maximum Gasteiger partial charge on any atom is 0.330 e. The number of rotatable bonds is 17. The predicted molar refractivity (Wildman–Crippen MR) is 144 cm³/mol. The van der Waals surface area contributed by atoms with Crippen LogP contribution < -0.4 is 69.4 Å². The molecule has 0 radical (unpaired) electrons. The fourth-order valence-corrected chi connectivity index (χ4v) is 3.86. The number of hydrogen-bond donors (Lipinski definition) is 14. The van der Waals surface area contributed by atoms with Gasteiger partial charge in [-0.2, -0.15) is 0 Å². The van der Waals surface area contributed by atoms with E-state index < -0.39 is 72.3 Å². The molecule has 44 heavy (non-hydrogen) atoms. The van der Waals surface area contributed by atoms with E-state index in [1.54, 1.807) is 0 Å². The molecule has 0 amide bonds. The van der Waals surface area contributed by atoms with Crippen molar-refractivity contribution >= 4 is 23.0 Å². The molecule has 20 nitrogen and oxygen atoms in total. The van der Waals surface area contributed by atoms with E-state index in [1.165, 1.54) is 0 Å². The number of nitrogens with one attached hydrogen (secondary N) is 4. The van der Waals surface area contributed by atoms with Crippen LogP contribution in [0.2, 0.25) is 0 Å². The third kappa shape index (κ3) is 10.4. The van der Waals surface area contributed by atoms with Crippen LogP contribution in [0.25, 0.3) is 0 Å². The van der Waals surface area contributed by atoms with Gasteiger partial charge in [0, 0.05) is 26.2 Å². The molecule has 18 N–H and O–H groups in total. The molecule has 0 saturated heterocycles. The Hall–Kier alpha value is -2.86. The first-order valence-electron chi connectivity index (χ1n) is 12.9. The van der Waals surface area contributed by atoms with E-state index >= 15 is 0 Å². The molecule has 0 aliphatic carbocycles. The molecular weight excluding hydrogens is 639 g/mol. The van der Waals surface area contributed by atoms with Gasteiger partial charge in [0.2, 0.25) is 11.4 Å². The Balaban J connectivity index is 0.00000924. The van der Waals surface area contributed by atoms with E-state index in [0.29, 0.717) is 0 Å². The van der Waals surface area contributed by atoms with E-state index in [0.717, 1.165) is 9.13 Å². The van der Waals surface area contributed by atoms with Crippen molar-refractivity contribution in [3.63, 3.8) is 0 Å². The molecule has 0 aliphatic rings. The van der Waals surface area contributed by atoms with Crippen LogP contribution in [0.3, 0.4) is 0 Å². The van der Waals surface area contributed by atoms with Gasteiger partial charge in [-0.25, -0.2) is 9.59 Å². The molecular formula is C22H40Cl2N8O12. The van der Waals surface area contributed by atoms with E-state index in [9.17, 15) is 49.8 Å². The third-order valence-corrected chi connectivity index (χ3v) is 6.50. The standard InChI is InChI=1S/C22H38N8O12.2ClH/c23-13-17(25-5-9(33)15(37)11(35)7-31)27-21(41)29(19(13)39)3-1-2-4-30-20(40)14(24)18(28-22(30)42)26-6-10(34)16(38)12(36)8-32;;/h9-12,15-16,25-26,31-38H,1-8,23-24H2,(H,27,41)(H,28,42);2*1H/t9-,10-,11+,12+,15-,16-;;/m0../s1. The molecule has 2 aromatic heterocycles. The van der Waals surface area contributed by atoms with Gasteiger partial charge in [0.05, 0.1) is 25.4 Å². The lowest BCUT2D eigenvalue weighted by atomic mass is 10.1. The van der Waals surface area contributed by atoms with Crippen molar-refractivity contribution in [2.24, 2.45) is 0 Å². The Kier molecular flexibility index (Phi) is 17.6. The van der Waals surface area contributed by atoms with Gasteiger partial charge < -0.3 is 87.8 Å². The molecule has 0 saturated carbocycles. The number of nitrogens with zero attached hydrogens (tertiary/aromatic N) is 2. The van der Waals surface area contributed by atoms with Crippen molar-refractivity contribution in [1.82, 2.24) is 19.1 Å². The first kappa shape index (κ1) is 41.1. The Bertz CT molecular complexity index is 1310. The van der Waals surface area contributed by atoms with Crippen molar-refractivity contribution in [3.8, 4) is 0 Å². The highest BCUT2D eigenvalue weighted by atomic mass is 35.5. The summed E-state index contributed by atoms with van der Waals surface area (Å²) >= 11 is 0. The summed E-state index contributed by atoms with van der Waals surface area (Å²) in [5.74, 6) is -0.236. The van der Waals surface area contributed by atoms with Crippen molar-refractivity contribution in [3.05, 3.63) is 41.7 Å². The maximum atomic E-state index is 12.7. The number of aliphatic hydroxyl groups is 8. The molecule has 2 heterocycles. The number of aromatic amines is 2. The van der Waals surface area contributed by atoms with Crippen LogP contribution in [0.1, 0.15) is 12.8 Å². The van der Waals surface area contributed by atoms with E-state index in [2.05, 4.69) is 32.1 Å². The number of H-pyrrole nitrogens is 2. The van der Waals surface area contributed by atoms with Crippen LogP contribution in [-0.4, -0.2) is 123 Å². The summed E-state index contributed by atoms with van der Waals surface area (Å²) in [5, 5.41) is 80.8. The Morgan fingerprint density at radius 3 is 1.23 bits per heavy atom. The topological polar surface area (TPSA) is 351 Å². The fourth-order valence-electron chi connectivity index (χ4n) is 3.86. The van der Waals surface area contributed by atoms with E-state index in [4.69, 9.17) is 10.2 Å². The lowest BCUT2D eigenvalue weighted by Crippen LogP contribution is -3.00. The number of unbranched alkanes of at least 4 members (excludes halogenated alkanes) is 1. The van der Waals surface area contributed by atoms with Gasteiger partial charge in [-0.1, -0.05) is 0 Å². The second kappa shape index (κ2) is 18.8. The van der Waals surface area contributed by atoms with Crippen LogP contribution in [0.15, 0.2) is 19.2 Å². The van der Waals surface area contributed by atoms with E-state index in [1.807, 2.05) is 0 Å². The van der Waals surface area contributed by atoms with Crippen LogP contribution in [0.4, 0.5) is 23.0 Å². The molecule has 0 fully saturated rings. The highest BCUT2D eigenvalue weighted by Crippen LogP contribution is 2.09. The van der Waals surface area contributed by atoms with Gasteiger partial charge in [0.15, 0.2) is 11.6 Å². The van der Waals surface area contributed by atoms with Crippen molar-refractivity contribution in [2.45, 2.75) is 62.6 Å². The van der Waals surface area contributed by atoms with Gasteiger partial charge in [-0.3, -0.25) is 28.7 Å². The number of quaternary nitrogens is 2. The SMILES string of the molecule is [Cl-].[Cl-].[NH3+]c1c(NC[C@H](O)[C@H](O)[C@H](O)CO)[nH]c(=O)n(CCCCn2c(=O)[nH]c(NC[C@H](O)[C@H](O)[C@H](O)CO)c([NH3+])c2=O)c1=O. The average molecular weight is 680 g/mol. The monoisotopic (exact) mass is 678 g/mol. The van der Waals surface area contributed by atoms with Crippen LogP contribution >= 0.6 is 0 Å². The highest BCUT2D eigenvalue weighted by Gasteiger charge is 2.26. The minimum absolute atomic E-state index is 0. The number of halogens is 2. The van der Waals surface area contributed by atoms with Crippen molar-refractivity contribution in [2.75, 3.05) is 36.9 Å². The van der Waals surface area contributed by atoms with Crippen molar-refractivity contribution in [1.29, 1.82) is 0 Å². The summed E-state index contributed by atoms with van der Waals surface area (Å²) in [6, 6.07) is 0. The van der Waals surface area contributed by atoms with Gasteiger partial charge in [-0.05, 0) is 12.8 Å². The lowest BCUT2D eigenvalue weighted by Gasteiger charge is -2.22. The third-order valence-electron chi connectivity index (χ3n) is 6.50. The first-order chi connectivity index (χ1) is 19.7. The average Bonchev–Trinajstić information content (AvgIpc) is 2.98. The quantitative estimate of drug-likeness (QED) is 0.0691. The zero-order chi connectivity index (χ0) is 31.7. The summed E-state index contributed by atoms with van der Waals surface area (Å²) in [6.07, 6.45) is -9.27. The van der Waals surface area contributed by atoms with Crippen LogP contribution in [0.5, 0.6) is 0 Å². The molecule has 22 heteroatoms. The number of aliphatic hydroxyl groups excluding tert-OH is 8. The zero-order valence-corrected chi connectivity index (χ0v) is 24.9. The fraction of sp³-hybridized carbons (Fsp3) is 0.636. The molecule has 254 valence electrons. The Labute approximate surface area is 260 Å². The second-order valence-corrected chi connectivity index (χ2v) is 9.57. The molecule has 0 bridgehead atoms. The van der Waals surface area contributed by atoms with Gasteiger partial charge in [-0.15, -0.1) is 0 Å². The summed E-state index contributed by atoms with van der Waals surface area (Å²) in [7, 11) is 0. The van der Waals surface area contributed by atoms with Crippen LogP contribution in [0, 0.1) is 0 Å². The molecule has 2 rings (SSSR count). The highest BCUT2D eigenvalue weighted by molar-refractivity contribution is 5.53. The Morgan fingerprint density at radius 2 is 0.932 bits per heavy atom. The summed E-state index contributed by atoms with van der Waals surface area (Å²) < 4.78 is 1.71. The summed E-state index contributed by atoms with van der Waals surface area (Å²) in [6.45, 7) is -2.54. The van der Waals surface area contributed by atoms with E-state index in [-0.39, 0.29) is 86.8 Å². The number of aromatic nitrogens is 4. The number of anilines is 2. The largest absolute Gasteiger partial charge is 1.00 e. The minimum atomic E-state index is -1.69. The smallest absolute Gasteiger partial charge is 0.330 e. The predicted octanol–water partition coefficient (Wildman–Crippen LogP) is -14.4. The summed E-state index contributed by atoms with van der Waals surface area (Å²) in [4.78, 5) is 55.1. The molecule has 0 unspecified atom stereocenters. The van der Waals surface area contributed by atoms with Crippen LogP contribution in [-0.2, 0) is 13.1 Å². The van der Waals surface area contributed by atoms with Gasteiger partial charge in [0.1, 0.15) is 24.4 Å². The zero-order valence-electron chi connectivity index (χ0n) is 23.4. The molecule has 6 atom stereocenters. The Morgan fingerprint density at radius 1 is 0.614 bits per heavy atom. The summed E-state index contributed by atoms with van der Waals surface area (Å²) in [5.41, 5.74) is 3.77. The minimum Gasteiger partial charge on any atom is -1.00 e. The first-order valence-corrected chi connectivity index (χ1v) is 12.9. The molecule has 0 aromatic carbocycles. The number of hydrogen-bond acceptors (Lipinski definition) is 14. The molecule has 0 aliphatic heterocycles. The molecule has 2 aromatic rings. The van der Waals surface area contributed by atoms with Gasteiger partial charge >= 0.3 is 22.5 Å². The lowest BCUT2D eigenvalue weighted by molar-refractivity contribution is -0.257. The second-order valence-electron chi connectivity index (χ2n) is 9.57.